The Morgan fingerprint density at radius 1 is 1.03 bits per heavy atom. The van der Waals surface area contributed by atoms with E-state index in [9.17, 15) is 15.0 Å². The molecule has 0 unspecified atom stereocenters. The molecule has 2 aromatic heterocycles. The van der Waals surface area contributed by atoms with Crippen LogP contribution in [0.3, 0.4) is 0 Å². The Labute approximate surface area is 189 Å². The van der Waals surface area contributed by atoms with E-state index < -0.39 is 5.43 Å². The van der Waals surface area contributed by atoms with Gasteiger partial charge in [-0.3, -0.25) is 4.79 Å². The summed E-state index contributed by atoms with van der Waals surface area (Å²) in [6.45, 7) is 3.88. The first-order valence-corrected chi connectivity index (χ1v) is 10.8. The third kappa shape index (κ3) is 4.25. The van der Waals surface area contributed by atoms with Gasteiger partial charge in [0.2, 0.25) is 5.75 Å². The molecule has 2 aromatic carbocycles. The van der Waals surface area contributed by atoms with Gasteiger partial charge in [-0.25, -0.2) is 0 Å². The number of phenols is 2. The number of benzene rings is 2. The first kappa shape index (κ1) is 21.0. The standard InChI is InChI=1S/C25H24N2O6/c28-19-13-21(30)24(32-15-18-3-1-12-31-18)25-23(19)20(29)14-22(33-25)16-4-6-17(7-5-16)27-10-2-8-26-9-11-27/h1,3-7,12-14,26,28,30H,2,8-11,15H2. The van der Waals surface area contributed by atoms with Crippen LogP contribution in [0.15, 0.2) is 68.4 Å². The summed E-state index contributed by atoms with van der Waals surface area (Å²) in [5, 5.41) is 24.0. The van der Waals surface area contributed by atoms with E-state index in [1.807, 2.05) is 24.3 Å². The second-order valence-corrected chi connectivity index (χ2v) is 7.93. The minimum atomic E-state index is -0.436. The van der Waals surface area contributed by atoms with E-state index >= 15 is 0 Å². The van der Waals surface area contributed by atoms with E-state index in [2.05, 4.69) is 10.2 Å². The van der Waals surface area contributed by atoms with Crippen LogP contribution < -0.4 is 20.4 Å². The minimum absolute atomic E-state index is 0.0216. The van der Waals surface area contributed by atoms with Crippen molar-refractivity contribution in [2.24, 2.45) is 0 Å². The molecule has 0 amide bonds. The molecule has 1 fully saturated rings. The molecule has 33 heavy (non-hydrogen) atoms. The first-order chi connectivity index (χ1) is 16.1. The molecule has 0 saturated carbocycles. The molecule has 8 nitrogen and oxygen atoms in total. The maximum atomic E-state index is 12.9. The Morgan fingerprint density at radius 3 is 2.67 bits per heavy atom. The smallest absolute Gasteiger partial charge is 0.205 e. The van der Waals surface area contributed by atoms with Gasteiger partial charge in [0.25, 0.3) is 0 Å². The Hall–Kier alpha value is -3.91. The number of furan rings is 1. The van der Waals surface area contributed by atoms with E-state index in [0.29, 0.717) is 17.1 Å². The molecule has 0 spiro atoms. The summed E-state index contributed by atoms with van der Waals surface area (Å²) in [6.07, 6.45) is 2.59. The lowest BCUT2D eigenvalue weighted by Gasteiger charge is -2.22. The lowest BCUT2D eigenvalue weighted by molar-refractivity contribution is 0.258. The lowest BCUT2D eigenvalue weighted by Crippen LogP contribution is -2.27. The van der Waals surface area contributed by atoms with Gasteiger partial charge in [0.1, 0.15) is 29.3 Å². The summed E-state index contributed by atoms with van der Waals surface area (Å²) in [4.78, 5) is 15.2. The van der Waals surface area contributed by atoms with E-state index in [1.54, 1.807) is 12.1 Å². The highest BCUT2D eigenvalue weighted by atomic mass is 16.5. The Kier molecular flexibility index (Phi) is 5.66. The average Bonchev–Trinajstić information content (AvgIpc) is 3.18. The van der Waals surface area contributed by atoms with E-state index in [-0.39, 0.29) is 34.8 Å². The van der Waals surface area contributed by atoms with Crippen molar-refractivity contribution >= 4 is 16.7 Å². The number of nitrogens with one attached hydrogen (secondary N) is 1. The summed E-state index contributed by atoms with van der Waals surface area (Å²) < 4.78 is 17.0. The minimum Gasteiger partial charge on any atom is -0.507 e. The van der Waals surface area contributed by atoms with Crippen molar-refractivity contribution in [1.82, 2.24) is 5.32 Å². The van der Waals surface area contributed by atoms with Gasteiger partial charge in [0.05, 0.1) is 6.26 Å². The average molecular weight is 448 g/mol. The largest absolute Gasteiger partial charge is 0.507 e. The maximum absolute atomic E-state index is 12.9. The zero-order chi connectivity index (χ0) is 22.8. The van der Waals surface area contributed by atoms with Gasteiger partial charge in [-0.1, -0.05) is 0 Å². The highest BCUT2D eigenvalue weighted by Gasteiger charge is 2.20. The molecule has 3 heterocycles. The molecular formula is C25H24N2O6. The van der Waals surface area contributed by atoms with Crippen molar-refractivity contribution in [2.45, 2.75) is 13.0 Å². The van der Waals surface area contributed by atoms with Gasteiger partial charge in [-0.2, -0.15) is 0 Å². The molecule has 5 rings (SSSR count). The first-order valence-electron chi connectivity index (χ1n) is 10.8. The zero-order valence-electron chi connectivity index (χ0n) is 17.9. The molecule has 0 atom stereocenters. The molecule has 170 valence electrons. The van der Waals surface area contributed by atoms with Gasteiger partial charge >= 0.3 is 0 Å². The molecule has 0 radical (unpaired) electrons. The third-order valence-electron chi connectivity index (χ3n) is 5.71. The number of nitrogens with zero attached hydrogens (tertiary/aromatic N) is 1. The number of anilines is 1. The summed E-state index contributed by atoms with van der Waals surface area (Å²) in [7, 11) is 0. The van der Waals surface area contributed by atoms with Crippen molar-refractivity contribution in [1.29, 1.82) is 0 Å². The van der Waals surface area contributed by atoms with Crippen LogP contribution in [-0.4, -0.2) is 36.4 Å². The van der Waals surface area contributed by atoms with E-state index in [4.69, 9.17) is 13.6 Å². The SMILES string of the molecule is O=c1cc(-c2ccc(N3CCCNCC3)cc2)oc2c(OCc3ccco3)c(O)cc(O)c12. The predicted molar refractivity (Wildman–Crippen MR) is 124 cm³/mol. The van der Waals surface area contributed by atoms with Gasteiger partial charge < -0.3 is 34.0 Å². The molecule has 8 heteroatoms. The highest BCUT2D eigenvalue weighted by Crippen LogP contribution is 2.41. The fraction of sp³-hybridized carbons (Fsp3) is 0.240. The summed E-state index contributed by atoms with van der Waals surface area (Å²) >= 11 is 0. The van der Waals surface area contributed by atoms with Crippen molar-refractivity contribution in [3.63, 3.8) is 0 Å². The maximum Gasteiger partial charge on any atom is 0.205 e. The van der Waals surface area contributed by atoms with Crippen molar-refractivity contribution < 1.29 is 23.8 Å². The van der Waals surface area contributed by atoms with Crippen LogP contribution in [0.5, 0.6) is 17.2 Å². The van der Waals surface area contributed by atoms with Gasteiger partial charge in [-0.05, 0) is 49.4 Å². The van der Waals surface area contributed by atoms with Gasteiger partial charge in [0.15, 0.2) is 16.8 Å². The lowest BCUT2D eigenvalue weighted by atomic mass is 10.1. The number of ether oxygens (including phenoxy) is 1. The molecule has 3 N–H and O–H groups in total. The van der Waals surface area contributed by atoms with Crippen LogP contribution in [0.25, 0.3) is 22.3 Å². The number of fused-ring (bicyclic) bond motifs is 1. The predicted octanol–water partition coefficient (Wildman–Crippen LogP) is 3.84. The number of phenolic OH excluding ortho intramolecular Hbond substituents is 2. The fourth-order valence-corrected chi connectivity index (χ4v) is 4.04. The Balaban J connectivity index is 1.52. The third-order valence-corrected chi connectivity index (χ3v) is 5.71. The quantitative estimate of drug-likeness (QED) is 0.423. The van der Waals surface area contributed by atoms with Gasteiger partial charge in [-0.15, -0.1) is 0 Å². The summed E-state index contributed by atoms with van der Waals surface area (Å²) in [5.74, 6) is 0.0972. The molecule has 1 aliphatic heterocycles. The molecule has 4 aromatic rings. The van der Waals surface area contributed by atoms with Crippen LogP contribution in [0.2, 0.25) is 0 Å². The topological polar surface area (TPSA) is 108 Å². The van der Waals surface area contributed by atoms with Crippen LogP contribution in [0, 0.1) is 0 Å². The second-order valence-electron chi connectivity index (χ2n) is 7.93. The number of rotatable bonds is 5. The molecule has 1 aliphatic rings. The Morgan fingerprint density at radius 2 is 1.88 bits per heavy atom. The Bertz CT molecular complexity index is 1300. The highest BCUT2D eigenvalue weighted by molar-refractivity contribution is 5.91. The number of hydrogen-bond acceptors (Lipinski definition) is 8. The van der Waals surface area contributed by atoms with Gasteiger partial charge in [0, 0.05) is 43.0 Å². The molecule has 1 saturated heterocycles. The van der Waals surface area contributed by atoms with Crippen LogP contribution >= 0.6 is 0 Å². The second kappa shape index (κ2) is 8.91. The van der Waals surface area contributed by atoms with E-state index in [1.165, 1.54) is 12.3 Å². The number of aromatic hydroxyl groups is 2. The summed E-state index contributed by atoms with van der Waals surface area (Å²) in [5.41, 5.74) is 1.34. The monoisotopic (exact) mass is 448 g/mol. The van der Waals surface area contributed by atoms with Crippen LogP contribution in [0.4, 0.5) is 5.69 Å². The van der Waals surface area contributed by atoms with Crippen molar-refractivity contribution in [2.75, 3.05) is 31.1 Å². The molecule has 0 aliphatic carbocycles. The number of hydrogen-bond donors (Lipinski definition) is 3. The van der Waals surface area contributed by atoms with Crippen molar-refractivity contribution in [3.05, 3.63) is 70.8 Å². The van der Waals surface area contributed by atoms with Crippen LogP contribution in [-0.2, 0) is 6.61 Å². The molecule has 0 bridgehead atoms. The van der Waals surface area contributed by atoms with Crippen molar-refractivity contribution in [3.8, 4) is 28.6 Å². The molecular weight excluding hydrogens is 424 g/mol. The summed E-state index contributed by atoms with van der Waals surface area (Å²) in [6, 6.07) is 13.6. The van der Waals surface area contributed by atoms with E-state index in [0.717, 1.165) is 44.4 Å². The fourth-order valence-electron chi connectivity index (χ4n) is 4.04. The normalized spacial score (nSPS) is 14.4. The zero-order valence-corrected chi connectivity index (χ0v) is 17.9. The van der Waals surface area contributed by atoms with Crippen LogP contribution in [0.1, 0.15) is 12.2 Å².